The summed E-state index contributed by atoms with van der Waals surface area (Å²) in [4.78, 5) is 36.7. The molecule has 2 aliphatic heterocycles. The van der Waals surface area contributed by atoms with Crippen LogP contribution in [0.2, 0.25) is 0 Å². The van der Waals surface area contributed by atoms with Gasteiger partial charge in [-0.2, -0.15) is 12.6 Å². The number of carbonyl (C=O) groups is 3. The topological polar surface area (TPSA) is 130 Å². The molecule has 3 heterocycles. The van der Waals surface area contributed by atoms with Crippen molar-refractivity contribution in [1.29, 1.82) is 0 Å². The number of tetrazole rings is 1. The lowest BCUT2D eigenvalue weighted by molar-refractivity contribution is -0.150. The van der Waals surface area contributed by atoms with Gasteiger partial charge >= 0.3 is 5.97 Å². The number of nitrogens with one attached hydrogen (secondary N) is 1. The van der Waals surface area contributed by atoms with E-state index >= 15 is 0 Å². The molecule has 0 bridgehead atoms. The fourth-order valence-electron chi connectivity index (χ4n) is 2.51. The van der Waals surface area contributed by atoms with Crippen LogP contribution in [0.1, 0.15) is 0 Å². The third-order valence-corrected chi connectivity index (χ3v) is 6.39. The van der Waals surface area contributed by atoms with Crippen molar-refractivity contribution in [3.05, 3.63) is 11.3 Å². The molecule has 1 unspecified atom stereocenters. The van der Waals surface area contributed by atoms with Gasteiger partial charge in [-0.3, -0.25) is 14.5 Å². The third kappa shape index (κ3) is 3.35. The largest absolute Gasteiger partial charge is 0.477 e. The Balaban J connectivity index is 1.77. The van der Waals surface area contributed by atoms with Gasteiger partial charge in [0.2, 0.25) is 11.1 Å². The van der Waals surface area contributed by atoms with E-state index in [0.717, 1.165) is 0 Å². The van der Waals surface area contributed by atoms with Gasteiger partial charge in [0.15, 0.2) is 0 Å². The molecule has 0 aliphatic carbocycles. The minimum atomic E-state index is -1.16. The van der Waals surface area contributed by atoms with Gasteiger partial charge in [0.25, 0.3) is 5.91 Å². The third-order valence-electron chi connectivity index (χ3n) is 3.67. The molecule has 3 rings (SSSR count). The van der Waals surface area contributed by atoms with Gasteiger partial charge in [-0.1, -0.05) is 11.8 Å². The van der Waals surface area contributed by atoms with Gasteiger partial charge in [0.1, 0.15) is 17.1 Å². The number of thioether (sulfide) groups is 2. The first-order chi connectivity index (χ1) is 11.9. The van der Waals surface area contributed by atoms with Crippen molar-refractivity contribution in [2.45, 2.75) is 16.6 Å². The van der Waals surface area contributed by atoms with E-state index < -0.39 is 23.3 Å². The van der Waals surface area contributed by atoms with E-state index in [-0.39, 0.29) is 17.4 Å². The zero-order valence-corrected chi connectivity index (χ0v) is 15.5. The zero-order chi connectivity index (χ0) is 18.1. The van der Waals surface area contributed by atoms with Crippen LogP contribution >= 0.6 is 36.2 Å². The van der Waals surface area contributed by atoms with E-state index in [1.54, 1.807) is 7.05 Å². The fourth-order valence-corrected chi connectivity index (χ4v) is 4.93. The lowest BCUT2D eigenvalue weighted by Gasteiger charge is -2.49. The number of rotatable bonds is 6. The molecule has 0 aromatic carbocycles. The smallest absolute Gasteiger partial charge is 0.352 e. The Kier molecular flexibility index (Phi) is 5.24. The number of amides is 2. The van der Waals surface area contributed by atoms with Crippen LogP contribution in [0.5, 0.6) is 0 Å². The summed E-state index contributed by atoms with van der Waals surface area (Å²) in [5, 5.41) is 23.4. The highest BCUT2D eigenvalue weighted by Gasteiger charge is 2.54. The predicted molar refractivity (Wildman–Crippen MR) is 93.1 cm³/mol. The Hall–Kier alpha value is -1.73. The SMILES string of the molecule is Cn1nnnc1SCC1=C(C(=O)O)N2C(=O)C(NC(=O)CS)[C@H]2SC1. The molecule has 1 aromatic rings. The van der Waals surface area contributed by atoms with Crippen LogP contribution in [0.4, 0.5) is 0 Å². The maximum absolute atomic E-state index is 12.3. The number of carbonyl (C=O) groups excluding carboxylic acids is 2. The number of nitrogens with zero attached hydrogens (tertiary/aromatic N) is 5. The molecule has 0 spiro atoms. The number of hydrogen-bond donors (Lipinski definition) is 3. The van der Waals surface area contributed by atoms with E-state index in [9.17, 15) is 19.5 Å². The number of fused-ring (bicyclic) bond motifs is 1. The lowest BCUT2D eigenvalue weighted by Crippen LogP contribution is -2.70. The molecule has 0 saturated carbocycles. The van der Waals surface area contributed by atoms with Crippen LogP contribution in [0.25, 0.3) is 0 Å². The number of hydrogen-bond acceptors (Lipinski definition) is 9. The molecule has 25 heavy (non-hydrogen) atoms. The van der Waals surface area contributed by atoms with Crippen molar-refractivity contribution in [3.8, 4) is 0 Å². The summed E-state index contributed by atoms with van der Waals surface area (Å²) in [6, 6.07) is -0.712. The predicted octanol–water partition coefficient (Wildman–Crippen LogP) is -1.03. The van der Waals surface area contributed by atoms with Crippen molar-refractivity contribution >= 4 is 53.9 Å². The molecule has 2 N–H and O–H groups in total. The lowest BCUT2D eigenvalue weighted by atomic mass is 10.0. The van der Waals surface area contributed by atoms with Crippen LogP contribution in [-0.4, -0.2) is 76.7 Å². The monoisotopic (exact) mass is 402 g/mol. The summed E-state index contributed by atoms with van der Waals surface area (Å²) in [6.07, 6.45) is 0. The fraction of sp³-hybridized carbons (Fsp3) is 0.500. The molecule has 1 fully saturated rings. The number of thiol groups is 1. The molecular formula is C12H14N6O4S3. The van der Waals surface area contributed by atoms with Gasteiger partial charge < -0.3 is 10.4 Å². The number of carboxylic acids is 1. The number of aliphatic carboxylic acids is 1. The Morgan fingerprint density at radius 1 is 1.52 bits per heavy atom. The number of carboxylic acid groups (broad SMARTS) is 1. The summed E-state index contributed by atoms with van der Waals surface area (Å²) in [5.74, 6) is -1.18. The highest BCUT2D eigenvalue weighted by atomic mass is 32.2. The van der Waals surface area contributed by atoms with Crippen molar-refractivity contribution in [2.75, 3.05) is 17.3 Å². The Morgan fingerprint density at radius 3 is 2.88 bits per heavy atom. The first-order valence-corrected chi connectivity index (χ1v) is 9.76. The van der Waals surface area contributed by atoms with Crippen molar-refractivity contribution in [3.63, 3.8) is 0 Å². The molecule has 1 saturated heterocycles. The number of aryl methyl sites for hydroxylation is 1. The first kappa shape index (κ1) is 18.1. The van der Waals surface area contributed by atoms with Crippen LogP contribution in [-0.2, 0) is 21.4 Å². The second-order valence-corrected chi connectivity index (χ2v) is 7.61. The first-order valence-electron chi connectivity index (χ1n) is 7.09. The van der Waals surface area contributed by atoms with Gasteiger partial charge in [0.05, 0.1) is 5.75 Å². The van der Waals surface area contributed by atoms with Gasteiger partial charge in [-0.25, -0.2) is 9.48 Å². The summed E-state index contributed by atoms with van der Waals surface area (Å²) in [6.45, 7) is 0. The van der Waals surface area contributed by atoms with Crippen molar-refractivity contribution in [2.24, 2.45) is 7.05 Å². The van der Waals surface area contributed by atoms with Crippen molar-refractivity contribution in [1.82, 2.24) is 30.4 Å². The normalized spacial score (nSPS) is 22.5. The molecule has 2 atom stereocenters. The Bertz CT molecular complexity index is 766. The molecule has 2 aliphatic rings. The molecule has 10 nitrogen and oxygen atoms in total. The minimum absolute atomic E-state index is 0.0206. The molecular weight excluding hydrogens is 388 g/mol. The van der Waals surface area contributed by atoms with E-state index in [1.807, 2.05) is 0 Å². The maximum Gasteiger partial charge on any atom is 0.352 e. The highest BCUT2D eigenvalue weighted by molar-refractivity contribution is 8.01. The summed E-state index contributed by atoms with van der Waals surface area (Å²) < 4.78 is 1.49. The maximum atomic E-state index is 12.3. The van der Waals surface area contributed by atoms with Gasteiger partial charge in [-0.05, 0) is 16.0 Å². The summed E-state index contributed by atoms with van der Waals surface area (Å²) >= 11 is 6.58. The zero-order valence-electron chi connectivity index (χ0n) is 12.9. The quantitative estimate of drug-likeness (QED) is 0.311. The Morgan fingerprint density at radius 2 is 2.28 bits per heavy atom. The minimum Gasteiger partial charge on any atom is -0.477 e. The van der Waals surface area contributed by atoms with Gasteiger partial charge in [0, 0.05) is 18.6 Å². The highest BCUT2D eigenvalue weighted by Crippen LogP contribution is 2.41. The Labute approximate surface area is 156 Å². The van der Waals surface area contributed by atoms with E-state index in [0.29, 0.717) is 22.2 Å². The molecule has 1 aromatic heterocycles. The number of aromatic nitrogens is 4. The summed E-state index contributed by atoms with van der Waals surface area (Å²) in [5.41, 5.74) is 0.599. The second-order valence-electron chi connectivity index (χ2n) is 5.24. The average Bonchev–Trinajstić information content (AvgIpc) is 3.01. The molecule has 13 heteroatoms. The molecule has 134 valence electrons. The van der Waals surface area contributed by atoms with E-state index in [2.05, 4.69) is 33.5 Å². The van der Waals surface area contributed by atoms with E-state index in [1.165, 1.54) is 33.1 Å². The van der Waals surface area contributed by atoms with Crippen LogP contribution < -0.4 is 5.32 Å². The van der Waals surface area contributed by atoms with Crippen LogP contribution in [0, 0.1) is 0 Å². The summed E-state index contributed by atoms with van der Waals surface area (Å²) in [7, 11) is 1.69. The molecule has 2 amide bonds. The van der Waals surface area contributed by atoms with Crippen molar-refractivity contribution < 1.29 is 19.5 Å². The van der Waals surface area contributed by atoms with Crippen LogP contribution in [0.3, 0.4) is 0 Å². The number of β-lactam (4-membered cyclic amide) rings is 1. The van der Waals surface area contributed by atoms with E-state index in [4.69, 9.17) is 0 Å². The molecule has 0 radical (unpaired) electrons. The van der Waals surface area contributed by atoms with Gasteiger partial charge in [-0.15, -0.1) is 16.9 Å². The standard InChI is InChI=1S/C12H14N6O4S3/c1-17-12(14-15-16-17)25-4-5-3-24-10-7(13-6(19)2-23)9(20)18(10)8(5)11(21)22/h7,10,23H,2-4H2,1H3,(H,13,19)(H,21,22)/t7?,10-/m1/s1. The average molecular weight is 402 g/mol. The van der Waals surface area contributed by atoms with Crippen LogP contribution in [0.15, 0.2) is 16.4 Å². The second kappa shape index (κ2) is 7.25.